The molecule has 4 aromatic rings. The number of benzene rings is 1. The van der Waals surface area contributed by atoms with Crippen LogP contribution in [-0.2, 0) is 0 Å². The van der Waals surface area contributed by atoms with Gasteiger partial charge in [0, 0.05) is 11.8 Å². The highest BCUT2D eigenvalue weighted by atomic mass is 16.2. The molecule has 0 saturated carbocycles. The minimum atomic E-state index is -0.366. The van der Waals surface area contributed by atoms with Gasteiger partial charge in [0.25, 0.3) is 11.5 Å². The fourth-order valence-electron chi connectivity index (χ4n) is 2.82. The minimum Gasteiger partial charge on any atom is -0.319 e. The molecule has 4 rings (SSSR count). The molecule has 0 bridgehead atoms. The average molecular weight is 333 g/mol. The Morgan fingerprint density at radius 1 is 1.08 bits per heavy atom. The Morgan fingerprint density at radius 2 is 1.84 bits per heavy atom. The Hall–Kier alpha value is -3.48. The number of carbonyl (C=O) groups is 1. The molecule has 0 radical (unpaired) electrons. The molecule has 124 valence electrons. The standard InChI is InChI=1S/C18H15N5O2/c1-11-8-12(2)23(20-11)18(25)14-9-16-17(24)19-15(10-22(16)21-14)13-6-4-3-5-7-13/h3-10H,1-2H3,(H,19,24). The Balaban J connectivity index is 1.83. The van der Waals surface area contributed by atoms with Crippen LogP contribution in [-0.4, -0.2) is 30.3 Å². The van der Waals surface area contributed by atoms with E-state index in [-0.39, 0.29) is 17.2 Å². The van der Waals surface area contributed by atoms with E-state index in [4.69, 9.17) is 0 Å². The van der Waals surface area contributed by atoms with Gasteiger partial charge in [-0.05, 0) is 25.5 Å². The van der Waals surface area contributed by atoms with Crippen LogP contribution in [0.5, 0.6) is 0 Å². The quantitative estimate of drug-likeness (QED) is 0.609. The van der Waals surface area contributed by atoms with Gasteiger partial charge in [-0.25, -0.2) is 4.52 Å². The number of fused-ring (bicyclic) bond motifs is 1. The largest absolute Gasteiger partial charge is 0.319 e. The molecule has 25 heavy (non-hydrogen) atoms. The molecule has 1 N–H and O–H groups in total. The smallest absolute Gasteiger partial charge is 0.298 e. The van der Waals surface area contributed by atoms with Gasteiger partial charge >= 0.3 is 0 Å². The van der Waals surface area contributed by atoms with Gasteiger partial charge in [0.05, 0.1) is 17.6 Å². The van der Waals surface area contributed by atoms with E-state index in [0.717, 1.165) is 17.0 Å². The van der Waals surface area contributed by atoms with Crippen LogP contribution in [0.1, 0.15) is 21.9 Å². The van der Waals surface area contributed by atoms with Gasteiger partial charge < -0.3 is 4.98 Å². The summed E-state index contributed by atoms with van der Waals surface area (Å²) in [6.45, 7) is 3.62. The van der Waals surface area contributed by atoms with E-state index in [9.17, 15) is 9.59 Å². The summed E-state index contributed by atoms with van der Waals surface area (Å²) >= 11 is 0. The molecule has 0 spiro atoms. The highest BCUT2D eigenvalue weighted by molar-refractivity contribution is 5.95. The van der Waals surface area contributed by atoms with Gasteiger partial charge in [-0.15, -0.1) is 0 Å². The Labute approximate surface area is 142 Å². The van der Waals surface area contributed by atoms with Gasteiger partial charge in [0.15, 0.2) is 5.69 Å². The summed E-state index contributed by atoms with van der Waals surface area (Å²) in [6, 6.07) is 12.8. The molecule has 0 saturated heterocycles. The van der Waals surface area contributed by atoms with Crippen LogP contribution in [0.25, 0.3) is 16.8 Å². The van der Waals surface area contributed by atoms with Crippen molar-refractivity contribution in [1.82, 2.24) is 24.4 Å². The van der Waals surface area contributed by atoms with Crippen molar-refractivity contribution in [2.75, 3.05) is 0 Å². The fraction of sp³-hybridized carbons (Fsp3) is 0.111. The minimum absolute atomic E-state index is 0.168. The molecule has 7 heteroatoms. The van der Waals surface area contributed by atoms with Crippen molar-refractivity contribution in [2.45, 2.75) is 13.8 Å². The van der Waals surface area contributed by atoms with E-state index >= 15 is 0 Å². The molecular formula is C18H15N5O2. The first-order valence-electron chi connectivity index (χ1n) is 7.79. The summed E-state index contributed by atoms with van der Waals surface area (Å²) in [4.78, 5) is 27.8. The lowest BCUT2D eigenvalue weighted by Crippen LogP contribution is -2.15. The van der Waals surface area contributed by atoms with Crippen molar-refractivity contribution in [3.63, 3.8) is 0 Å². The summed E-state index contributed by atoms with van der Waals surface area (Å²) < 4.78 is 2.73. The molecular weight excluding hydrogens is 318 g/mol. The highest BCUT2D eigenvalue weighted by Gasteiger charge is 2.18. The maximum atomic E-state index is 12.6. The number of hydrogen-bond acceptors (Lipinski definition) is 4. The highest BCUT2D eigenvalue weighted by Crippen LogP contribution is 2.16. The maximum Gasteiger partial charge on any atom is 0.298 e. The van der Waals surface area contributed by atoms with Crippen molar-refractivity contribution in [2.24, 2.45) is 0 Å². The van der Waals surface area contributed by atoms with Crippen molar-refractivity contribution >= 4 is 11.4 Å². The summed E-state index contributed by atoms with van der Waals surface area (Å²) in [5.74, 6) is -0.366. The number of aromatic amines is 1. The zero-order valence-corrected chi connectivity index (χ0v) is 13.7. The van der Waals surface area contributed by atoms with E-state index in [0.29, 0.717) is 11.2 Å². The first-order chi connectivity index (χ1) is 12.0. The van der Waals surface area contributed by atoms with Gasteiger partial charge in [-0.3, -0.25) is 9.59 Å². The first kappa shape index (κ1) is 15.1. The monoisotopic (exact) mass is 333 g/mol. The predicted octanol–water partition coefficient (Wildman–Crippen LogP) is 2.19. The third-order valence-corrected chi connectivity index (χ3v) is 3.97. The predicted molar refractivity (Wildman–Crippen MR) is 92.7 cm³/mol. The third-order valence-electron chi connectivity index (χ3n) is 3.97. The number of H-pyrrole nitrogens is 1. The number of nitrogens with zero attached hydrogens (tertiary/aromatic N) is 4. The second-order valence-corrected chi connectivity index (χ2v) is 5.87. The Kier molecular flexibility index (Phi) is 3.35. The van der Waals surface area contributed by atoms with Crippen LogP contribution in [0.15, 0.2) is 53.5 Å². The summed E-state index contributed by atoms with van der Waals surface area (Å²) in [6.07, 6.45) is 1.70. The number of aryl methyl sites for hydroxylation is 2. The van der Waals surface area contributed by atoms with Gasteiger partial charge in [-0.1, -0.05) is 30.3 Å². The summed E-state index contributed by atoms with van der Waals surface area (Å²) in [7, 11) is 0. The number of hydrogen-bond donors (Lipinski definition) is 1. The molecule has 0 aliphatic carbocycles. The van der Waals surface area contributed by atoms with E-state index < -0.39 is 0 Å². The van der Waals surface area contributed by atoms with Crippen molar-refractivity contribution in [1.29, 1.82) is 0 Å². The van der Waals surface area contributed by atoms with Crippen LogP contribution in [0.3, 0.4) is 0 Å². The molecule has 0 aliphatic heterocycles. The molecule has 0 amide bonds. The molecule has 0 fully saturated rings. The molecule has 0 unspecified atom stereocenters. The lowest BCUT2D eigenvalue weighted by Gasteiger charge is -2.01. The van der Waals surface area contributed by atoms with Crippen LogP contribution in [0, 0.1) is 13.8 Å². The topological polar surface area (TPSA) is 85.0 Å². The molecule has 0 aliphatic rings. The first-order valence-corrected chi connectivity index (χ1v) is 7.79. The maximum absolute atomic E-state index is 12.6. The zero-order chi connectivity index (χ0) is 17.6. The summed E-state index contributed by atoms with van der Waals surface area (Å²) in [5.41, 5.74) is 3.14. The summed E-state index contributed by atoms with van der Waals surface area (Å²) in [5, 5.41) is 8.45. The van der Waals surface area contributed by atoms with E-state index in [1.807, 2.05) is 43.3 Å². The Bertz CT molecular complexity index is 1150. The number of rotatable bonds is 2. The number of aromatic nitrogens is 5. The van der Waals surface area contributed by atoms with Crippen LogP contribution < -0.4 is 5.56 Å². The molecule has 3 heterocycles. The van der Waals surface area contributed by atoms with Gasteiger partial charge in [0.1, 0.15) is 5.52 Å². The second-order valence-electron chi connectivity index (χ2n) is 5.87. The average Bonchev–Trinajstić information content (AvgIpc) is 3.18. The number of nitrogens with one attached hydrogen (secondary N) is 1. The van der Waals surface area contributed by atoms with Gasteiger partial charge in [0.2, 0.25) is 0 Å². The SMILES string of the molecule is Cc1cc(C)n(C(=O)c2cc3c(=O)[nH]c(-c4ccccc4)cn3n2)n1. The van der Waals surface area contributed by atoms with Crippen molar-refractivity contribution < 1.29 is 4.79 Å². The normalized spacial score (nSPS) is 11.1. The zero-order valence-electron chi connectivity index (χ0n) is 13.7. The van der Waals surface area contributed by atoms with E-state index in [2.05, 4.69) is 15.2 Å². The van der Waals surface area contributed by atoms with Crippen LogP contribution in [0.2, 0.25) is 0 Å². The third kappa shape index (κ3) is 2.55. The number of carbonyl (C=O) groups excluding carboxylic acids is 1. The van der Waals surface area contributed by atoms with Crippen molar-refractivity contribution in [3.05, 3.63) is 76.1 Å². The lowest BCUT2D eigenvalue weighted by molar-refractivity contribution is 0.0937. The second kappa shape index (κ2) is 5.55. The Morgan fingerprint density at radius 3 is 2.52 bits per heavy atom. The molecule has 0 atom stereocenters. The van der Waals surface area contributed by atoms with Crippen LogP contribution in [0.4, 0.5) is 0 Å². The van der Waals surface area contributed by atoms with E-state index in [1.165, 1.54) is 15.3 Å². The fourth-order valence-corrected chi connectivity index (χ4v) is 2.82. The molecule has 3 aromatic heterocycles. The van der Waals surface area contributed by atoms with Crippen LogP contribution >= 0.6 is 0 Å². The molecule has 1 aromatic carbocycles. The lowest BCUT2D eigenvalue weighted by atomic mass is 10.2. The van der Waals surface area contributed by atoms with Gasteiger partial charge in [-0.2, -0.15) is 14.9 Å². The van der Waals surface area contributed by atoms with Crippen molar-refractivity contribution in [3.8, 4) is 11.3 Å². The van der Waals surface area contributed by atoms with E-state index in [1.54, 1.807) is 13.1 Å². The molecule has 7 nitrogen and oxygen atoms in total.